The summed E-state index contributed by atoms with van der Waals surface area (Å²) in [5, 5.41) is 12.4. The zero-order valence-corrected chi connectivity index (χ0v) is 12.2. The van der Waals surface area contributed by atoms with Crippen LogP contribution in [0.5, 0.6) is 0 Å². The molecular formula is C15H24N2O2. The van der Waals surface area contributed by atoms with Crippen molar-refractivity contribution in [3.8, 4) is 0 Å². The Labute approximate surface area is 115 Å². The van der Waals surface area contributed by atoms with Gasteiger partial charge in [-0.1, -0.05) is 12.1 Å². The van der Waals surface area contributed by atoms with Gasteiger partial charge in [0.15, 0.2) is 0 Å². The maximum Gasteiger partial charge on any atom is 0.256 e. The number of benzene rings is 1. The van der Waals surface area contributed by atoms with E-state index in [2.05, 4.69) is 5.32 Å². The molecule has 0 aliphatic carbocycles. The number of nitrogens with one attached hydrogen (secondary N) is 1. The molecule has 1 amide bonds. The van der Waals surface area contributed by atoms with Gasteiger partial charge in [0.25, 0.3) is 5.91 Å². The fraction of sp³-hybridized carbons (Fsp3) is 0.533. The van der Waals surface area contributed by atoms with E-state index in [-0.39, 0.29) is 24.6 Å². The van der Waals surface area contributed by atoms with Gasteiger partial charge in [0.1, 0.15) is 0 Å². The monoisotopic (exact) mass is 264 g/mol. The second-order valence-corrected chi connectivity index (χ2v) is 5.16. The number of nitrogens with zero attached hydrogens (tertiary/aromatic N) is 1. The Morgan fingerprint density at radius 2 is 1.89 bits per heavy atom. The lowest BCUT2D eigenvalue weighted by Gasteiger charge is -2.27. The molecule has 0 atom stereocenters. The van der Waals surface area contributed by atoms with Crippen molar-refractivity contribution in [1.82, 2.24) is 4.90 Å². The standard InChI is InChI=1S/C15H24N2O2/c1-11(2)16-14-8-6-5-7-13(14)15(19)17(9-10-18)12(3)4/h5-8,11-12,16,18H,9-10H2,1-4H3. The van der Waals surface area contributed by atoms with E-state index in [4.69, 9.17) is 5.11 Å². The Bertz CT molecular complexity index is 416. The number of carbonyl (C=O) groups excluding carboxylic acids is 1. The van der Waals surface area contributed by atoms with Gasteiger partial charge in [0, 0.05) is 24.3 Å². The number of anilines is 1. The van der Waals surface area contributed by atoms with Crippen LogP contribution >= 0.6 is 0 Å². The lowest BCUT2D eigenvalue weighted by molar-refractivity contribution is 0.0666. The summed E-state index contributed by atoms with van der Waals surface area (Å²) in [7, 11) is 0. The van der Waals surface area contributed by atoms with Crippen LogP contribution < -0.4 is 5.32 Å². The highest BCUT2D eigenvalue weighted by Gasteiger charge is 2.20. The Balaban J connectivity index is 3.03. The van der Waals surface area contributed by atoms with Crippen LogP contribution in [0.4, 0.5) is 5.69 Å². The molecule has 0 spiro atoms. The zero-order chi connectivity index (χ0) is 14.4. The predicted molar refractivity (Wildman–Crippen MR) is 78.5 cm³/mol. The first-order valence-corrected chi connectivity index (χ1v) is 6.74. The van der Waals surface area contributed by atoms with E-state index in [9.17, 15) is 4.79 Å². The smallest absolute Gasteiger partial charge is 0.256 e. The summed E-state index contributed by atoms with van der Waals surface area (Å²) in [6.45, 7) is 8.30. The van der Waals surface area contributed by atoms with Crippen molar-refractivity contribution in [3.63, 3.8) is 0 Å². The Hall–Kier alpha value is -1.55. The molecule has 0 heterocycles. The van der Waals surface area contributed by atoms with Gasteiger partial charge in [0.2, 0.25) is 0 Å². The van der Waals surface area contributed by atoms with Crippen LogP contribution in [0.3, 0.4) is 0 Å². The largest absolute Gasteiger partial charge is 0.395 e. The maximum atomic E-state index is 12.6. The molecule has 0 fully saturated rings. The minimum absolute atomic E-state index is 0.0241. The van der Waals surface area contributed by atoms with Gasteiger partial charge in [-0.15, -0.1) is 0 Å². The number of para-hydroxylation sites is 1. The summed E-state index contributed by atoms with van der Waals surface area (Å²) in [5.41, 5.74) is 1.49. The minimum atomic E-state index is -0.0483. The molecule has 0 aliphatic heterocycles. The molecule has 0 unspecified atom stereocenters. The number of hydrogen-bond donors (Lipinski definition) is 2. The predicted octanol–water partition coefficient (Wildman–Crippen LogP) is 2.35. The summed E-state index contributed by atoms with van der Waals surface area (Å²) in [6.07, 6.45) is 0. The van der Waals surface area contributed by atoms with E-state index < -0.39 is 0 Å². The van der Waals surface area contributed by atoms with E-state index in [0.717, 1.165) is 5.69 Å². The van der Waals surface area contributed by atoms with Crippen molar-refractivity contribution in [2.45, 2.75) is 39.8 Å². The van der Waals surface area contributed by atoms with Crippen molar-refractivity contribution in [1.29, 1.82) is 0 Å². The number of aliphatic hydroxyl groups excluding tert-OH is 1. The third-order valence-electron chi connectivity index (χ3n) is 2.83. The zero-order valence-electron chi connectivity index (χ0n) is 12.2. The fourth-order valence-corrected chi connectivity index (χ4v) is 1.96. The SMILES string of the molecule is CC(C)Nc1ccccc1C(=O)N(CCO)C(C)C. The summed E-state index contributed by atoms with van der Waals surface area (Å²) < 4.78 is 0. The van der Waals surface area contributed by atoms with Crippen molar-refractivity contribution in [2.75, 3.05) is 18.5 Å². The first-order valence-electron chi connectivity index (χ1n) is 6.74. The average Bonchev–Trinajstić information content (AvgIpc) is 2.34. The third-order valence-corrected chi connectivity index (χ3v) is 2.83. The molecule has 4 nitrogen and oxygen atoms in total. The van der Waals surface area contributed by atoms with Gasteiger partial charge >= 0.3 is 0 Å². The molecular weight excluding hydrogens is 240 g/mol. The van der Waals surface area contributed by atoms with Gasteiger partial charge in [-0.25, -0.2) is 0 Å². The average molecular weight is 264 g/mol. The molecule has 106 valence electrons. The van der Waals surface area contributed by atoms with Gasteiger partial charge < -0.3 is 15.3 Å². The van der Waals surface area contributed by atoms with E-state index in [1.54, 1.807) is 4.90 Å². The molecule has 0 saturated carbocycles. The molecule has 1 rings (SSSR count). The first kappa shape index (κ1) is 15.5. The molecule has 2 N–H and O–H groups in total. The van der Waals surface area contributed by atoms with Crippen molar-refractivity contribution >= 4 is 11.6 Å². The van der Waals surface area contributed by atoms with Crippen LogP contribution in [-0.4, -0.2) is 41.1 Å². The van der Waals surface area contributed by atoms with Crippen LogP contribution in [-0.2, 0) is 0 Å². The first-order chi connectivity index (χ1) is 8.97. The Kier molecular flexibility index (Phi) is 5.83. The highest BCUT2D eigenvalue weighted by atomic mass is 16.3. The Morgan fingerprint density at radius 3 is 2.42 bits per heavy atom. The summed E-state index contributed by atoms with van der Waals surface area (Å²) in [5.74, 6) is -0.0483. The van der Waals surface area contributed by atoms with Crippen LogP contribution in [0.15, 0.2) is 24.3 Å². The molecule has 19 heavy (non-hydrogen) atoms. The van der Waals surface area contributed by atoms with Gasteiger partial charge in [-0.05, 0) is 39.8 Å². The second kappa shape index (κ2) is 7.14. The molecule has 0 aromatic heterocycles. The van der Waals surface area contributed by atoms with Gasteiger partial charge in [0.05, 0.1) is 12.2 Å². The van der Waals surface area contributed by atoms with Crippen LogP contribution in [0, 0.1) is 0 Å². The lowest BCUT2D eigenvalue weighted by atomic mass is 10.1. The molecule has 1 aromatic rings. The van der Waals surface area contributed by atoms with E-state index in [0.29, 0.717) is 12.1 Å². The number of hydrogen-bond acceptors (Lipinski definition) is 3. The summed E-state index contributed by atoms with van der Waals surface area (Å²) in [6, 6.07) is 7.82. The van der Waals surface area contributed by atoms with Crippen LogP contribution in [0.1, 0.15) is 38.1 Å². The van der Waals surface area contributed by atoms with Crippen molar-refractivity contribution in [2.24, 2.45) is 0 Å². The van der Waals surface area contributed by atoms with Crippen LogP contribution in [0.25, 0.3) is 0 Å². The highest BCUT2D eigenvalue weighted by Crippen LogP contribution is 2.19. The summed E-state index contributed by atoms with van der Waals surface area (Å²) in [4.78, 5) is 14.2. The van der Waals surface area contributed by atoms with Gasteiger partial charge in [-0.2, -0.15) is 0 Å². The topological polar surface area (TPSA) is 52.6 Å². The molecule has 0 bridgehead atoms. The normalized spacial score (nSPS) is 10.9. The molecule has 0 saturated heterocycles. The lowest BCUT2D eigenvalue weighted by Crippen LogP contribution is -2.39. The summed E-state index contributed by atoms with van der Waals surface area (Å²) >= 11 is 0. The van der Waals surface area contributed by atoms with Gasteiger partial charge in [-0.3, -0.25) is 4.79 Å². The molecule has 0 radical (unpaired) electrons. The third kappa shape index (κ3) is 4.24. The molecule has 1 aromatic carbocycles. The molecule has 0 aliphatic rings. The minimum Gasteiger partial charge on any atom is -0.395 e. The second-order valence-electron chi connectivity index (χ2n) is 5.16. The number of rotatable bonds is 6. The van der Waals surface area contributed by atoms with Crippen LogP contribution in [0.2, 0.25) is 0 Å². The maximum absolute atomic E-state index is 12.6. The number of amides is 1. The Morgan fingerprint density at radius 1 is 1.26 bits per heavy atom. The van der Waals surface area contributed by atoms with E-state index in [1.165, 1.54) is 0 Å². The highest BCUT2D eigenvalue weighted by molar-refractivity contribution is 5.99. The van der Waals surface area contributed by atoms with Crippen molar-refractivity contribution < 1.29 is 9.90 Å². The number of aliphatic hydroxyl groups is 1. The van der Waals surface area contributed by atoms with E-state index >= 15 is 0 Å². The van der Waals surface area contributed by atoms with E-state index in [1.807, 2.05) is 52.0 Å². The van der Waals surface area contributed by atoms with Crippen molar-refractivity contribution in [3.05, 3.63) is 29.8 Å². The quantitative estimate of drug-likeness (QED) is 0.829. The number of carbonyl (C=O) groups is 1. The molecule has 4 heteroatoms. The fourth-order valence-electron chi connectivity index (χ4n) is 1.96.